The zero-order valence-corrected chi connectivity index (χ0v) is 15.4. The Morgan fingerprint density at radius 2 is 1.70 bits per heavy atom. The van der Waals surface area contributed by atoms with Crippen molar-refractivity contribution in [2.75, 3.05) is 6.61 Å². The van der Waals surface area contributed by atoms with Crippen LogP contribution >= 0.6 is 0 Å². The molecule has 20 heavy (non-hydrogen) atoms. The maximum atomic E-state index is 10.5. The summed E-state index contributed by atoms with van der Waals surface area (Å²) in [5.41, 5.74) is 0. The van der Waals surface area contributed by atoms with Crippen LogP contribution in [0.25, 0.3) is 0 Å². The second kappa shape index (κ2) is 18.2. The molecule has 0 aromatic carbocycles. The molecule has 0 aromatic heterocycles. The van der Waals surface area contributed by atoms with Crippen LogP contribution in [-0.2, 0) is 14.3 Å². The van der Waals surface area contributed by atoms with E-state index in [1.807, 2.05) is 0 Å². The van der Waals surface area contributed by atoms with Gasteiger partial charge in [0.2, 0.25) is 0 Å². The summed E-state index contributed by atoms with van der Waals surface area (Å²) in [6.07, 6.45) is 8.79. The van der Waals surface area contributed by atoms with Gasteiger partial charge >= 0.3 is 81.5 Å². The van der Waals surface area contributed by atoms with Gasteiger partial charge in [-0.2, -0.15) is 0 Å². The first-order valence-corrected chi connectivity index (χ1v) is 11.0. The molecule has 0 bridgehead atoms. The number of carboxylic acids is 1. The van der Waals surface area contributed by atoms with Crippen LogP contribution in [0, 0.1) is 0 Å². The zero-order chi connectivity index (χ0) is 15.6. The molecule has 0 unspecified atom stereocenters. The Morgan fingerprint density at radius 1 is 1.15 bits per heavy atom. The van der Waals surface area contributed by atoms with Crippen molar-refractivity contribution in [3.63, 3.8) is 0 Å². The SMILES string of the molecule is C=CCOC(=O)C=CC(=O)O.CCC[CH2][Sn][CH2]CCC. The molecule has 0 aliphatic carbocycles. The van der Waals surface area contributed by atoms with Crippen LogP contribution in [0.5, 0.6) is 0 Å². The quantitative estimate of drug-likeness (QED) is 0.204. The van der Waals surface area contributed by atoms with E-state index in [9.17, 15) is 9.59 Å². The van der Waals surface area contributed by atoms with Gasteiger partial charge in [0.05, 0.1) is 0 Å². The Kier molecular flexibility index (Phi) is 19.6. The van der Waals surface area contributed by atoms with E-state index in [0.29, 0.717) is 6.08 Å². The third-order valence-electron chi connectivity index (χ3n) is 2.12. The van der Waals surface area contributed by atoms with Crippen molar-refractivity contribution in [1.29, 1.82) is 0 Å². The van der Waals surface area contributed by atoms with Gasteiger partial charge in [-0.3, -0.25) is 0 Å². The van der Waals surface area contributed by atoms with E-state index < -0.39 is 11.9 Å². The average Bonchev–Trinajstić information content (AvgIpc) is 2.43. The number of unbranched alkanes of at least 4 members (excludes halogenated alkanes) is 2. The zero-order valence-electron chi connectivity index (χ0n) is 12.6. The predicted molar refractivity (Wildman–Crippen MR) is 83.1 cm³/mol. The normalized spacial score (nSPS) is 9.70. The minimum absolute atomic E-state index is 0.0861. The Labute approximate surface area is 132 Å². The molecule has 0 atom stereocenters. The van der Waals surface area contributed by atoms with E-state index in [4.69, 9.17) is 5.11 Å². The Balaban J connectivity index is 0. The third kappa shape index (κ3) is 22.4. The summed E-state index contributed by atoms with van der Waals surface area (Å²) in [5, 5.41) is 8.07. The second-order valence-electron chi connectivity index (χ2n) is 4.05. The van der Waals surface area contributed by atoms with E-state index >= 15 is 0 Å². The van der Waals surface area contributed by atoms with Crippen LogP contribution in [0.1, 0.15) is 39.5 Å². The molecule has 0 aliphatic heterocycles. The van der Waals surface area contributed by atoms with Gasteiger partial charge in [-0.1, -0.05) is 12.7 Å². The van der Waals surface area contributed by atoms with Crippen molar-refractivity contribution in [2.24, 2.45) is 0 Å². The molecule has 0 saturated carbocycles. The molecule has 0 saturated heterocycles. The standard InChI is InChI=1S/C7H8O4.2C4H9.Sn/c1-2-5-11-7(10)4-3-6(8)9;2*1-3-4-2;/h2-4H,1,5H2,(H,8,9);2*1,3-4H2,2H3;. The topological polar surface area (TPSA) is 63.6 Å². The summed E-state index contributed by atoms with van der Waals surface area (Å²) in [4.78, 5) is 20.3. The van der Waals surface area contributed by atoms with E-state index in [2.05, 4.69) is 25.2 Å². The molecule has 0 amide bonds. The summed E-state index contributed by atoms with van der Waals surface area (Å²) in [5.74, 6) is -1.87. The molecule has 114 valence electrons. The number of hydrogen-bond acceptors (Lipinski definition) is 3. The fourth-order valence-electron chi connectivity index (χ4n) is 1.06. The number of hydrogen-bond donors (Lipinski definition) is 1. The molecule has 0 aliphatic rings. The molecule has 0 aromatic rings. The second-order valence-corrected chi connectivity index (χ2v) is 8.33. The first-order chi connectivity index (χ1) is 9.58. The summed E-state index contributed by atoms with van der Waals surface area (Å²) < 4.78 is 7.68. The molecule has 4 nitrogen and oxygen atoms in total. The van der Waals surface area contributed by atoms with Gasteiger partial charge in [0, 0.05) is 12.2 Å². The van der Waals surface area contributed by atoms with Crippen molar-refractivity contribution in [1.82, 2.24) is 0 Å². The minimum atomic E-state index is -1.18. The van der Waals surface area contributed by atoms with Gasteiger partial charge in [-0.25, -0.2) is 9.59 Å². The Hall–Kier alpha value is -0.781. The van der Waals surface area contributed by atoms with Gasteiger partial charge in [0.15, 0.2) is 0 Å². The van der Waals surface area contributed by atoms with E-state index in [-0.39, 0.29) is 27.7 Å². The molecule has 0 spiro atoms. The molecule has 2 radical (unpaired) electrons. The summed E-state index contributed by atoms with van der Waals surface area (Å²) in [6, 6.07) is 0. The Morgan fingerprint density at radius 3 is 2.10 bits per heavy atom. The fourth-order valence-corrected chi connectivity index (χ4v) is 5.22. The average molecular weight is 389 g/mol. The first-order valence-electron chi connectivity index (χ1n) is 6.97. The molecular formula is C15H26O4Sn. The van der Waals surface area contributed by atoms with Crippen molar-refractivity contribution < 1.29 is 19.4 Å². The van der Waals surface area contributed by atoms with Crippen LogP contribution in [0.15, 0.2) is 24.8 Å². The van der Waals surface area contributed by atoms with Crippen LogP contribution < -0.4 is 0 Å². The van der Waals surface area contributed by atoms with Crippen molar-refractivity contribution >= 4 is 33.1 Å². The number of ether oxygens (including phenoxy) is 1. The number of carbonyl (C=O) groups excluding carboxylic acids is 1. The van der Waals surface area contributed by atoms with Crippen LogP contribution in [0.4, 0.5) is 0 Å². The molecular weight excluding hydrogens is 363 g/mol. The van der Waals surface area contributed by atoms with E-state index in [0.717, 1.165) is 6.08 Å². The molecule has 5 heteroatoms. The fraction of sp³-hybridized carbons (Fsp3) is 0.600. The predicted octanol–water partition coefficient (Wildman–Crippen LogP) is 3.48. The van der Waals surface area contributed by atoms with Crippen LogP contribution in [-0.4, -0.2) is 44.8 Å². The monoisotopic (exact) mass is 390 g/mol. The van der Waals surface area contributed by atoms with Crippen molar-refractivity contribution in [3.8, 4) is 0 Å². The van der Waals surface area contributed by atoms with Crippen molar-refractivity contribution in [2.45, 2.75) is 48.4 Å². The number of aliphatic carboxylic acids is 1. The van der Waals surface area contributed by atoms with Crippen molar-refractivity contribution in [3.05, 3.63) is 24.8 Å². The van der Waals surface area contributed by atoms with Gasteiger partial charge in [0.1, 0.15) is 6.61 Å². The summed E-state index contributed by atoms with van der Waals surface area (Å²) in [6.45, 7) is 7.98. The van der Waals surface area contributed by atoms with Crippen LogP contribution in [0.2, 0.25) is 8.87 Å². The van der Waals surface area contributed by atoms with E-state index in [1.54, 1.807) is 8.87 Å². The maximum absolute atomic E-state index is 10.5. The number of carboxylic acid groups (broad SMARTS) is 1. The Bertz CT molecular complexity index is 282. The summed E-state index contributed by atoms with van der Waals surface area (Å²) >= 11 is 0.149. The number of esters is 1. The number of carbonyl (C=O) groups is 2. The molecule has 1 N–H and O–H groups in total. The third-order valence-corrected chi connectivity index (χ3v) is 6.16. The number of rotatable bonds is 10. The molecule has 0 heterocycles. The van der Waals surface area contributed by atoms with Gasteiger partial charge in [0.25, 0.3) is 0 Å². The van der Waals surface area contributed by atoms with E-state index in [1.165, 1.54) is 31.8 Å². The summed E-state index contributed by atoms with van der Waals surface area (Å²) in [7, 11) is 0. The van der Waals surface area contributed by atoms with Crippen LogP contribution in [0.3, 0.4) is 0 Å². The van der Waals surface area contributed by atoms with Gasteiger partial charge < -0.3 is 9.84 Å². The molecule has 0 rings (SSSR count). The van der Waals surface area contributed by atoms with Gasteiger partial charge in [-0.15, -0.1) is 0 Å². The van der Waals surface area contributed by atoms with Gasteiger partial charge in [-0.05, 0) is 0 Å². The molecule has 0 fully saturated rings. The first kappa shape index (κ1) is 21.5.